The molecular weight excluding hydrogens is 450 g/mol. The Morgan fingerprint density at radius 2 is 2.09 bits per heavy atom. The third-order valence-electron chi connectivity index (χ3n) is 6.59. The van der Waals surface area contributed by atoms with Crippen molar-refractivity contribution in [3.8, 4) is 11.5 Å². The van der Waals surface area contributed by atoms with Gasteiger partial charge in [0.25, 0.3) is 5.91 Å². The van der Waals surface area contributed by atoms with Crippen molar-refractivity contribution in [1.29, 1.82) is 0 Å². The van der Waals surface area contributed by atoms with Gasteiger partial charge in [-0.3, -0.25) is 14.8 Å². The van der Waals surface area contributed by atoms with E-state index in [1.54, 1.807) is 36.8 Å². The Labute approximate surface area is 203 Å². The Hall–Kier alpha value is -3.17. The van der Waals surface area contributed by atoms with E-state index in [0.717, 1.165) is 47.8 Å². The molecule has 4 heterocycles. The molecular formula is C25H29N5O3S. The highest BCUT2D eigenvalue weighted by Crippen LogP contribution is 2.38. The number of benzene rings is 1. The second-order valence-electron chi connectivity index (χ2n) is 8.68. The van der Waals surface area contributed by atoms with Gasteiger partial charge in [-0.05, 0) is 54.6 Å². The Bertz CT molecular complexity index is 1150. The van der Waals surface area contributed by atoms with E-state index < -0.39 is 0 Å². The molecule has 0 bridgehead atoms. The number of likely N-dealkylation sites (tertiary alicyclic amines) is 1. The smallest absolute Gasteiger partial charge is 0.257 e. The molecule has 0 aliphatic carbocycles. The lowest BCUT2D eigenvalue weighted by Crippen LogP contribution is -2.42. The van der Waals surface area contributed by atoms with E-state index in [0.29, 0.717) is 30.4 Å². The summed E-state index contributed by atoms with van der Waals surface area (Å²) in [5, 5.41) is 15.7. The maximum Gasteiger partial charge on any atom is 0.257 e. The number of aromatic amines is 1. The first-order valence-corrected chi connectivity index (χ1v) is 12.4. The van der Waals surface area contributed by atoms with E-state index in [4.69, 9.17) is 14.6 Å². The van der Waals surface area contributed by atoms with Gasteiger partial charge in [0.2, 0.25) is 0 Å². The Morgan fingerprint density at radius 1 is 1.21 bits per heavy atom. The van der Waals surface area contributed by atoms with Gasteiger partial charge >= 0.3 is 0 Å². The minimum absolute atomic E-state index is 0.0107. The van der Waals surface area contributed by atoms with Crippen LogP contribution in [0.15, 0.2) is 53.1 Å². The van der Waals surface area contributed by atoms with Crippen molar-refractivity contribution in [2.75, 3.05) is 33.9 Å². The molecule has 2 aliphatic heterocycles. The number of amides is 1. The van der Waals surface area contributed by atoms with Crippen LogP contribution in [0.25, 0.3) is 0 Å². The van der Waals surface area contributed by atoms with Gasteiger partial charge in [0.15, 0.2) is 11.5 Å². The van der Waals surface area contributed by atoms with Crippen molar-refractivity contribution in [2.45, 2.75) is 31.2 Å². The lowest BCUT2D eigenvalue weighted by molar-refractivity contribution is -0.134. The van der Waals surface area contributed by atoms with Gasteiger partial charge in [-0.15, -0.1) is 11.3 Å². The van der Waals surface area contributed by atoms with Gasteiger partial charge in [-0.1, -0.05) is 12.1 Å². The van der Waals surface area contributed by atoms with Crippen LogP contribution >= 0.6 is 11.3 Å². The highest BCUT2D eigenvalue weighted by molar-refractivity contribution is 7.12. The quantitative estimate of drug-likeness (QED) is 0.553. The number of nitrogens with one attached hydrogen (secondary N) is 1. The van der Waals surface area contributed by atoms with Gasteiger partial charge in [-0.25, -0.2) is 5.01 Å². The Kier molecular flexibility index (Phi) is 6.64. The first-order valence-electron chi connectivity index (χ1n) is 11.5. The average Bonchev–Trinajstić information content (AvgIpc) is 3.65. The fourth-order valence-electron chi connectivity index (χ4n) is 4.86. The molecule has 3 aromatic rings. The van der Waals surface area contributed by atoms with Crippen molar-refractivity contribution >= 4 is 23.0 Å². The number of nitrogens with zero attached hydrogens (tertiary/aromatic N) is 4. The zero-order valence-electron chi connectivity index (χ0n) is 19.4. The van der Waals surface area contributed by atoms with Crippen LogP contribution in [-0.2, 0) is 4.79 Å². The van der Waals surface area contributed by atoms with E-state index in [1.165, 1.54) is 0 Å². The van der Waals surface area contributed by atoms with Crippen LogP contribution in [0.5, 0.6) is 11.5 Å². The first kappa shape index (κ1) is 22.6. The van der Waals surface area contributed by atoms with Crippen LogP contribution in [0.1, 0.15) is 47.4 Å². The molecule has 178 valence electrons. The van der Waals surface area contributed by atoms with Gasteiger partial charge < -0.3 is 9.47 Å². The van der Waals surface area contributed by atoms with Crippen LogP contribution in [0.3, 0.4) is 0 Å². The molecule has 1 saturated heterocycles. The standard InChI is InChI=1S/C25H29N5O3S/c1-32-22-8-7-17(13-23(22)33-2)21-14-20(24-6-4-12-34-24)28-30(21)25(31)16-29-11-3-5-18(15-29)19-9-10-26-27-19/h4,6-10,12-13,18,21H,3,5,11,14-16H2,1-2H3,(H,26,27). The third kappa shape index (κ3) is 4.58. The number of H-pyrrole nitrogens is 1. The average molecular weight is 480 g/mol. The summed E-state index contributed by atoms with van der Waals surface area (Å²) in [6.45, 7) is 2.09. The number of carbonyl (C=O) groups excluding carboxylic acids is 1. The van der Waals surface area contributed by atoms with Crippen molar-refractivity contribution in [3.05, 3.63) is 64.1 Å². The second kappa shape index (κ2) is 9.99. The van der Waals surface area contributed by atoms with Crippen molar-refractivity contribution in [1.82, 2.24) is 20.1 Å². The molecule has 1 amide bonds. The van der Waals surface area contributed by atoms with E-state index in [-0.39, 0.29) is 11.9 Å². The molecule has 2 aromatic heterocycles. The largest absolute Gasteiger partial charge is 0.493 e. The number of ether oxygens (including phenoxy) is 2. The van der Waals surface area contributed by atoms with Crippen molar-refractivity contribution in [2.24, 2.45) is 5.10 Å². The molecule has 1 aromatic carbocycles. The van der Waals surface area contributed by atoms with Crippen molar-refractivity contribution in [3.63, 3.8) is 0 Å². The summed E-state index contributed by atoms with van der Waals surface area (Å²) in [6.07, 6.45) is 4.61. The van der Waals surface area contributed by atoms with Crippen molar-refractivity contribution < 1.29 is 14.3 Å². The number of hydrogen-bond acceptors (Lipinski definition) is 7. The molecule has 0 saturated carbocycles. The zero-order valence-corrected chi connectivity index (χ0v) is 20.3. The van der Waals surface area contributed by atoms with Crippen LogP contribution in [0.2, 0.25) is 0 Å². The molecule has 34 heavy (non-hydrogen) atoms. The van der Waals surface area contributed by atoms with E-state index in [9.17, 15) is 4.79 Å². The maximum atomic E-state index is 13.6. The van der Waals surface area contributed by atoms with E-state index in [2.05, 4.69) is 21.2 Å². The molecule has 0 spiro atoms. The van der Waals surface area contributed by atoms with Crippen LogP contribution in [0.4, 0.5) is 0 Å². The lowest BCUT2D eigenvalue weighted by atomic mass is 9.95. The summed E-state index contributed by atoms with van der Waals surface area (Å²) < 4.78 is 10.9. The number of methoxy groups -OCH3 is 2. The molecule has 1 fully saturated rings. The number of rotatable bonds is 7. The highest BCUT2D eigenvalue weighted by atomic mass is 32.1. The van der Waals surface area contributed by atoms with Gasteiger partial charge in [0.1, 0.15) is 0 Å². The minimum Gasteiger partial charge on any atom is -0.493 e. The number of aromatic nitrogens is 2. The van der Waals surface area contributed by atoms with E-state index in [1.807, 2.05) is 35.7 Å². The number of hydrazone groups is 1. The molecule has 1 N–H and O–H groups in total. The Morgan fingerprint density at radius 3 is 2.82 bits per heavy atom. The fourth-order valence-corrected chi connectivity index (χ4v) is 5.58. The highest BCUT2D eigenvalue weighted by Gasteiger charge is 2.35. The molecule has 5 rings (SSSR count). The van der Waals surface area contributed by atoms with Crippen LogP contribution < -0.4 is 9.47 Å². The Balaban J connectivity index is 1.37. The molecule has 2 atom stereocenters. The number of hydrogen-bond donors (Lipinski definition) is 1. The summed E-state index contributed by atoms with van der Waals surface area (Å²) in [5.74, 6) is 1.70. The van der Waals surface area contributed by atoms with Gasteiger partial charge in [0, 0.05) is 30.8 Å². The molecule has 2 aliphatic rings. The predicted molar refractivity (Wildman–Crippen MR) is 132 cm³/mol. The summed E-state index contributed by atoms with van der Waals surface area (Å²) in [6, 6.07) is 11.8. The molecule has 9 heteroatoms. The van der Waals surface area contributed by atoms with Crippen LogP contribution in [-0.4, -0.2) is 65.6 Å². The van der Waals surface area contributed by atoms with Gasteiger partial charge in [0.05, 0.1) is 37.4 Å². The number of piperidine rings is 1. The monoisotopic (exact) mass is 479 g/mol. The lowest BCUT2D eigenvalue weighted by Gasteiger charge is -2.33. The first-order chi connectivity index (χ1) is 16.7. The maximum absolute atomic E-state index is 13.6. The molecule has 8 nitrogen and oxygen atoms in total. The topological polar surface area (TPSA) is 83.0 Å². The summed E-state index contributed by atoms with van der Waals surface area (Å²) in [5.41, 5.74) is 3.06. The summed E-state index contributed by atoms with van der Waals surface area (Å²) in [4.78, 5) is 16.9. The fraction of sp³-hybridized carbons (Fsp3) is 0.400. The predicted octanol–water partition coefficient (Wildman–Crippen LogP) is 4.05. The molecule has 0 radical (unpaired) electrons. The zero-order chi connectivity index (χ0) is 23.5. The van der Waals surface area contributed by atoms with E-state index >= 15 is 0 Å². The summed E-state index contributed by atoms with van der Waals surface area (Å²) in [7, 11) is 3.25. The second-order valence-corrected chi connectivity index (χ2v) is 9.63. The molecule has 2 unspecified atom stereocenters. The van der Waals surface area contributed by atoms with Gasteiger partial charge in [-0.2, -0.15) is 10.2 Å². The third-order valence-corrected chi connectivity index (χ3v) is 7.51. The SMILES string of the molecule is COc1ccc(C2CC(c3cccs3)=NN2C(=O)CN2CCCC(c3ccn[nH]3)C2)cc1OC. The summed E-state index contributed by atoms with van der Waals surface area (Å²) >= 11 is 1.65. The van der Waals surface area contributed by atoms with Crippen LogP contribution in [0, 0.1) is 0 Å². The minimum atomic E-state index is -0.183. The number of thiophene rings is 1. The number of carbonyl (C=O) groups is 1. The normalized spacial score (nSPS) is 20.9.